The summed E-state index contributed by atoms with van der Waals surface area (Å²) in [6.45, 7) is 24.0. The highest BCUT2D eigenvalue weighted by Crippen LogP contribution is 2.64. The Morgan fingerprint density at radius 3 is 2.24 bits per heavy atom. The van der Waals surface area contributed by atoms with Crippen LogP contribution in [0.1, 0.15) is 97.5 Å². The Hall–Kier alpha value is -1.41. The first-order chi connectivity index (χ1) is 19.1. The Kier molecular flexibility index (Phi) is 9.19. The number of hydrogen-bond donors (Lipinski definition) is 1. The van der Waals surface area contributed by atoms with Crippen molar-refractivity contribution in [2.24, 2.45) is 22.7 Å². The minimum Gasteiger partial charge on any atom is -0.468 e. The van der Waals surface area contributed by atoms with Crippen LogP contribution in [0.4, 0.5) is 0 Å². The second kappa shape index (κ2) is 11.6. The molecule has 232 valence electrons. The molecule has 0 radical (unpaired) electrons. The van der Waals surface area contributed by atoms with E-state index in [0.29, 0.717) is 41.6 Å². The fourth-order valence-electron chi connectivity index (χ4n) is 8.81. The molecule has 7 heteroatoms. The molecule has 4 rings (SSSR count). The molecule has 2 aliphatic carbocycles. The van der Waals surface area contributed by atoms with E-state index in [1.807, 2.05) is 13.8 Å². The van der Waals surface area contributed by atoms with Crippen LogP contribution in [0.15, 0.2) is 21.4 Å². The molecule has 1 saturated heterocycles. The summed E-state index contributed by atoms with van der Waals surface area (Å²) in [6, 6.07) is 3.33. The van der Waals surface area contributed by atoms with Crippen molar-refractivity contribution in [3.63, 3.8) is 0 Å². The van der Waals surface area contributed by atoms with Crippen molar-refractivity contribution in [1.82, 2.24) is 0 Å². The largest absolute Gasteiger partial charge is 0.468 e. The molecule has 0 bridgehead atoms. The zero-order valence-electron chi connectivity index (χ0n) is 27.4. The summed E-state index contributed by atoms with van der Waals surface area (Å²) in [5.74, 6) is 1.34. The Morgan fingerprint density at radius 1 is 1.10 bits per heavy atom. The van der Waals surface area contributed by atoms with Crippen LogP contribution < -0.4 is 10.2 Å². The van der Waals surface area contributed by atoms with Crippen LogP contribution in [0.25, 0.3) is 0 Å². The topological polar surface area (TPSA) is 81.4 Å². The average molecular weight is 589 g/mol. The first-order valence-electron chi connectivity index (χ1n) is 16.0. The first-order valence-corrected chi connectivity index (χ1v) is 18.5. The molecule has 0 unspecified atom stereocenters. The summed E-state index contributed by atoms with van der Waals surface area (Å²) in [5.41, 5.74) is 1.86. The first kappa shape index (κ1) is 32.5. The predicted molar refractivity (Wildman–Crippen MR) is 167 cm³/mol. The number of fused-ring (bicyclic) bond motifs is 1. The number of aliphatic hydroxyl groups is 1. The quantitative estimate of drug-likeness (QED) is 0.164. The van der Waals surface area contributed by atoms with Crippen LogP contribution in [0.5, 0.6) is 5.95 Å². The van der Waals surface area contributed by atoms with E-state index < -0.39 is 14.4 Å². The third kappa shape index (κ3) is 5.65. The van der Waals surface area contributed by atoms with Gasteiger partial charge < -0.3 is 23.4 Å². The van der Waals surface area contributed by atoms with Gasteiger partial charge in [0, 0.05) is 5.56 Å². The Morgan fingerprint density at radius 2 is 1.71 bits per heavy atom. The SMILES string of the molecule is C=C1CC[C@@H]2[C@](C)(CC[C@@H](O[Si](CC)(CC)CC)[C@@]2(C)C[C@@H](O)[C@@H]2OC2(C)C)[C@@H]1Cc1c(OC)oc(C)c(C)c1=O. The molecule has 1 aromatic rings. The van der Waals surface area contributed by atoms with E-state index in [-0.39, 0.29) is 40.0 Å². The highest BCUT2D eigenvalue weighted by atomic mass is 28.4. The monoisotopic (exact) mass is 588 g/mol. The van der Waals surface area contributed by atoms with E-state index in [1.54, 1.807) is 7.11 Å². The van der Waals surface area contributed by atoms with Crippen molar-refractivity contribution in [3.05, 3.63) is 39.3 Å². The van der Waals surface area contributed by atoms with Crippen LogP contribution in [0, 0.1) is 36.5 Å². The lowest BCUT2D eigenvalue weighted by molar-refractivity contribution is -0.143. The average Bonchev–Trinajstić information content (AvgIpc) is 3.58. The number of rotatable bonds is 11. The number of allylic oxidation sites excluding steroid dienone is 1. The molecule has 2 saturated carbocycles. The lowest BCUT2D eigenvalue weighted by Crippen LogP contribution is -2.60. The van der Waals surface area contributed by atoms with Gasteiger partial charge in [0.2, 0.25) is 0 Å². The van der Waals surface area contributed by atoms with Crippen LogP contribution in [-0.4, -0.2) is 44.4 Å². The molecule has 0 aromatic carbocycles. The number of epoxide rings is 1. The zero-order valence-corrected chi connectivity index (χ0v) is 28.4. The second-order valence-electron chi connectivity index (χ2n) is 14.4. The fraction of sp³-hybridized carbons (Fsp3) is 0.794. The maximum absolute atomic E-state index is 13.5. The van der Waals surface area contributed by atoms with Gasteiger partial charge in [-0.1, -0.05) is 46.8 Å². The molecule has 1 N–H and O–H groups in total. The number of ether oxygens (including phenoxy) is 2. The van der Waals surface area contributed by atoms with Gasteiger partial charge in [0.15, 0.2) is 13.7 Å². The third-order valence-electron chi connectivity index (χ3n) is 11.9. The molecular formula is C34H56O6Si. The minimum atomic E-state index is -1.89. The lowest BCUT2D eigenvalue weighted by atomic mass is 9.45. The molecule has 2 heterocycles. The Labute approximate surface area is 249 Å². The standard InChI is InChI=1S/C34H56O6Si/c1-12-41(13-2,14-3)40-28-17-18-33(9)25(19-24-29(36)22(5)23(6)38-31(24)37-11)21(4)15-16-27(33)34(28,10)20-26(35)30-32(7,8)39-30/h25-28,30,35H,4,12-20H2,1-3,5-11H3/t25-,26-,27-,28-,30+,33-,34+/m1/s1. The predicted octanol–water partition coefficient (Wildman–Crippen LogP) is 7.52. The third-order valence-corrected chi connectivity index (χ3v) is 16.6. The van der Waals surface area contributed by atoms with Crippen LogP contribution in [-0.2, 0) is 15.6 Å². The number of aliphatic hydroxyl groups excluding tert-OH is 1. The molecule has 1 aromatic heterocycles. The number of methoxy groups -OCH3 is 1. The van der Waals surface area contributed by atoms with Crippen LogP contribution >= 0.6 is 0 Å². The van der Waals surface area contributed by atoms with Crippen molar-refractivity contribution in [3.8, 4) is 5.95 Å². The Balaban J connectivity index is 1.75. The maximum atomic E-state index is 13.5. The number of hydrogen-bond acceptors (Lipinski definition) is 6. The summed E-state index contributed by atoms with van der Waals surface area (Å²) in [7, 11) is -0.315. The Bertz CT molecular complexity index is 1180. The second-order valence-corrected chi connectivity index (χ2v) is 19.1. The molecule has 0 amide bonds. The van der Waals surface area contributed by atoms with E-state index in [0.717, 1.165) is 43.8 Å². The highest BCUT2D eigenvalue weighted by molar-refractivity contribution is 6.73. The molecule has 41 heavy (non-hydrogen) atoms. The molecule has 3 fully saturated rings. The molecule has 3 aliphatic rings. The van der Waals surface area contributed by atoms with Gasteiger partial charge in [-0.2, -0.15) is 0 Å². The molecule has 1 aliphatic heterocycles. The highest BCUT2D eigenvalue weighted by Gasteiger charge is 2.62. The molecule has 6 nitrogen and oxygen atoms in total. The maximum Gasteiger partial charge on any atom is 0.291 e. The van der Waals surface area contributed by atoms with E-state index in [4.69, 9.17) is 18.3 Å². The fourth-order valence-corrected chi connectivity index (χ4v) is 11.8. The van der Waals surface area contributed by atoms with Gasteiger partial charge in [0.05, 0.1) is 30.5 Å². The lowest BCUT2D eigenvalue weighted by Gasteiger charge is -2.62. The van der Waals surface area contributed by atoms with Gasteiger partial charge in [-0.05, 0) is 107 Å². The van der Waals surface area contributed by atoms with Gasteiger partial charge in [-0.25, -0.2) is 0 Å². The van der Waals surface area contributed by atoms with Crippen molar-refractivity contribution < 1.29 is 23.4 Å². The summed E-state index contributed by atoms with van der Waals surface area (Å²) in [5, 5.41) is 11.6. The van der Waals surface area contributed by atoms with Crippen LogP contribution in [0.2, 0.25) is 18.1 Å². The van der Waals surface area contributed by atoms with E-state index in [9.17, 15) is 9.90 Å². The molecule has 7 atom stereocenters. The van der Waals surface area contributed by atoms with Gasteiger partial charge in [-0.15, -0.1) is 0 Å². The summed E-state index contributed by atoms with van der Waals surface area (Å²) >= 11 is 0. The van der Waals surface area contributed by atoms with Gasteiger partial charge in [-0.3, -0.25) is 4.79 Å². The van der Waals surface area contributed by atoms with E-state index in [2.05, 4.69) is 55.0 Å². The van der Waals surface area contributed by atoms with Gasteiger partial charge >= 0.3 is 0 Å². The van der Waals surface area contributed by atoms with Crippen molar-refractivity contribution in [1.29, 1.82) is 0 Å². The summed E-state index contributed by atoms with van der Waals surface area (Å²) in [6.07, 6.45) is 4.49. The smallest absolute Gasteiger partial charge is 0.291 e. The molecule has 0 spiro atoms. The van der Waals surface area contributed by atoms with Crippen molar-refractivity contribution >= 4 is 8.32 Å². The van der Waals surface area contributed by atoms with Crippen molar-refractivity contribution in [2.45, 2.75) is 143 Å². The minimum absolute atomic E-state index is 0.0112. The van der Waals surface area contributed by atoms with E-state index >= 15 is 0 Å². The van der Waals surface area contributed by atoms with Crippen LogP contribution in [0.3, 0.4) is 0 Å². The normalized spacial score (nSPS) is 33.8. The summed E-state index contributed by atoms with van der Waals surface area (Å²) < 4.78 is 24.8. The number of aryl methyl sites for hydroxylation is 1. The van der Waals surface area contributed by atoms with Gasteiger partial charge in [0.25, 0.3) is 5.95 Å². The van der Waals surface area contributed by atoms with E-state index in [1.165, 1.54) is 5.57 Å². The summed E-state index contributed by atoms with van der Waals surface area (Å²) in [4.78, 5) is 13.5. The van der Waals surface area contributed by atoms with Crippen molar-refractivity contribution in [2.75, 3.05) is 7.11 Å². The molecular weight excluding hydrogens is 532 g/mol. The zero-order chi connectivity index (χ0) is 30.5. The van der Waals surface area contributed by atoms with Gasteiger partial charge in [0.1, 0.15) is 11.9 Å².